The SMILES string of the molecule is CC(C)(C)OC(=O)N(Cc1csc(-c2ccccc2I)n1)c1ccccn1. The third-order valence-electron chi connectivity index (χ3n) is 3.52. The molecule has 0 N–H and O–H groups in total. The molecule has 5 nitrogen and oxygen atoms in total. The summed E-state index contributed by atoms with van der Waals surface area (Å²) < 4.78 is 6.70. The topological polar surface area (TPSA) is 55.3 Å². The summed E-state index contributed by atoms with van der Waals surface area (Å²) >= 11 is 3.87. The predicted octanol–water partition coefficient (Wildman–Crippen LogP) is 5.75. The van der Waals surface area contributed by atoms with E-state index in [0.29, 0.717) is 12.4 Å². The molecule has 0 aliphatic carbocycles. The Morgan fingerprint density at radius 3 is 2.59 bits per heavy atom. The van der Waals surface area contributed by atoms with Crippen LogP contribution in [0.4, 0.5) is 10.6 Å². The van der Waals surface area contributed by atoms with Crippen LogP contribution in [0.1, 0.15) is 26.5 Å². The number of carbonyl (C=O) groups is 1. The van der Waals surface area contributed by atoms with E-state index in [1.54, 1.807) is 23.6 Å². The lowest BCUT2D eigenvalue weighted by Gasteiger charge is -2.26. The number of nitrogens with zero attached hydrogens (tertiary/aromatic N) is 3. The zero-order chi connectivity index (χ0) is 19.4. The Bertz CT molecular complexity index is 922. The lowest BCUT2D eigenvalue weighted by atomic mass is 10.2. The summed E-state index contributed by atoms with van der Waals surface area (Å²) in [5, 5.41) is 2.90. The Balaban J connectivity index is 1.87. The van der Waals surface area contributed by atoms with Gasteiger partial charge in [0.05, 0.1) is 12.2 Å². The van der Waals surface area contributed by atoms with Crippen molar-refractivity contribution in [1.82, 2.24) is 9.97 Å². The van der Waals surface area contributed by atoms with Crippen LogP contribution < -0.4 is 4.90 Å². The fourth-order valence-corrected chi connectivity index (χ4v) is 4.05. The largest absolute Gasteiger partial charge is 0.443 e. The number of amides is 1. The van der Waals surface area contributed by atoms with Crippen LogP contribution in [0, 0.1) is 3.57 Å². The average molecular weight is 493 g/mol. The number of hydrogen-bond donors (Lipinski definition) is 0. The number of thiazole rings is 1. The first kappa shape index (κ1) is 19.8. The molecule has 3 rings (SSSR count). The molecule has 0 saturated heterocycles. The Morgan fingerprint density at radius 2 is 1.93 bits per heavy atom. The summed E-state index contributed by atoms with van der Waals surface area (Å²) in [7, 11) is 0. The Labute approximate surface area is 176 Å². The van der Waals surface area contributed by atoms with Gasteiger partial charge in [-0.1, -0.05) is 24.3 Å². The van der Waals surface area contributed by atoms with E-state index in [4.69, 9.17) is 9.72 Å². The van der Waals surface area contributed by atoms with Gasteiger partial charge in [0.15, 0.2) is 0 Å². The van der Waals surface area contributed by atoms with Crippen LogP contribution in [0.3, 0.4) is 0 Å². The van der Waals surface area contributed by atoms with E-state index in [1.807, 2.05) is 50.4 Å². The molecule has 0 spiro atoms. The molecule has 140 valence electrons. The van der Waals surface area contributed by atoms with Gasteiger partial charge in [-0.3, -0.25) is 4.90 Å². The lowest BCUT2D eigenvalue weighted by Crippen LogP contribution is -2.37. The summed E-state index contributed by atoms with van der Waals surface area (Å²) in [4.78, 5) is 23.3. The molecular weight excluding hydrogens is 473 g/mol. The second kappa shape index (κ2) is 8.35. The van der Waals surface area contributed by atoms with Gasteiger partial charge in [0.1, 0.15) is 16.4 Å². The molecule has 0 saturated carbocycles. The maximum Gasteiger partial charge on any atom is 0.416 e. The zero-order valence-electron chi connectivity index (χ0n) is 15.3. The molecule has 0 unspecified atom stereocenters. The van der Waals surface area contributed by atoms with Crippen molar-refractivity contribution in [2.75, 3.05) is 4.90 Å². The van der Waals surface area contributed by atoms with Crippen LogP contribution in [0.2, 0.25) is 0 Å². The first-order valence-electron chi connectivity index (χ1n) is 8.44. The molecule has 2 heterocycles. The van der Waals surface area contributed by atoms with Gasteiger partial charge in [-0.2, -0.15) is 0 Å². The molecule has 0 fully saturated rings. The second-order valence-electron chi connectivity index (χ2n) is 6.88. The molecular formula is C20H20IN3O2S. The Morgan fingerprint density at radius 1 is 1.19 bits per heavy atom. The minimum atomic E-state index is -0.586. The van der Waals surface area contributed by atoms with E-state index in [2.05, 4.69) is 39.7 Å². The van der Waals surface area contributed by atoms with Crippen LogP contribution in [0.25, 0.3) is 10.6 Å². The highest BCUT2D eigenvalue weighted by Gasteiger charge is 2.25. The maximum absolute atomic E-state index is 12.7. The number of anilines is 1. The van der Waals surface area contributed by atoms with E-state index < -0.39 is 11.7 Å². The lowest BCUT2D eigenvalue weighted by molar-refractivity contribution is 0.0576. The summed E-state index contributed by atoms with van der Waals surface area (Å²) in [6.45, 7) is 5.84. The van der Waals surface area contributed by atoms with Gasteiger partial charge >= 0.3 is 6.09 Å². The number of aromatic nitrogens is 2. The monoisotopic (exact) mass is 493 g/mol. The minimum Gasteiger partial charge on any atom is -0.443 e. The normalized spacial score (nSPS) is 11.3. The molecule has 7 heteroatoms. The van der Waals surface area contributed by atoms with Gasteiger partial charge in [0.25, 0.3) is 0 Å². The number of ether oxygens (including phenoxy) is 1. The molecule has 0 aliphatic heterocycles. The zero-order valence-corrected chi connectivity index (χ0v) is 18.3. The molecule has 0 aliphatic rings. The summed E-state index contributed by atoms with van der Waals surface area (Å²) in [6, 6.07) is 13.6. The quantitative estimate of drug-likeness (QED) is 0.435. The molecule has 0 atom stereocenters. The highest BCUT2D eigenvalue weighted by atomic mass is 127. The first-order valence-corrected chi connectivity index (χ1v) is 10.4. The van der Waals surface area contributed by atoms with Crippen molar-refractivity contribution in [3.8, 4) is 10.6 Å². The van der Waals surface area contributed by atoms with Gasteiger partial charge in [-0.25, -0.2) is 14.8 Å². The van der Waals surface area contributed by atoms with E-state index in [1.165, 1.54) is 4.90 Å². The van der Waals surface area contributed by atoms with Gasteiger partial charge < -0.3 is 4.74 Å². The summed E-state index contributed by atoms with van der Waals surface area (Å²) in [5.74, 6) is 0.538. The van der Waals surface area contributed by atoms with Crippen LogP contribution in [0.15, 0.2) is 54.0 Å². The number of halogens is 1. The maximum atomic E-state index is 12.7. The predicted molar refractivity (Wildman–Crippen MR) is 117 cm³/mol. The van der Waals surface area contributed by atoms with Gasteiger partial charge in [0, 0.05) is 20.7 Å². The van der Waals surface area contributed by atoms with Crippen LogP contribution in [-0.2, 0) is 11.3 Å². The van der Waals surface area contributed by atoms with E-state index in [0.717, 1.165) is 19.8 Å². The molecule has 0 bridgehead atoms. The van der Waals surface area contributed by atoms with Crippen molar-refractivity contribution < 1.29 is 9.53 Å². The molecule has 27 heavy (non-hydrogen) atoms. The first-order chi connectivity index (χ1) is 12.8. The summed E-state index contributed by atoms with van der Waals surface area (Å²) in [5.41, 5.74) is 1.31. The van der Waals surface area contributed by atoms with E-state index >= 15 is 0 Å². The van der Waals surface area contributed by atoms with Crippen molar-refractivity contribution in [1.29, 1.82) is 0 Å². The van der Waals surface area contributed by atoms with Crippen molar-refractivity contribution in [3.63, 3.8) is 0 Å². The van der Waals surface area contributed by atoms with E-state index in [9.17, 15) is 4.79 Å². The van der Waals surface area contributed by atoms with Gasteiger partial charge in [-0.05, 0) is 61.6 Å². The smallest absolute Gasteiger partial charge is 0.416 e. The van der Waals surface area contributed by atoms with Gasteiger partial charge in [0.2, 0.25) is 0 Å². The number of pyridine rings is 1. The van der Waals surface area contributed by atoms with Crippen molar-refractivity contribution >= 4 is 45.8 Å². The third-order valence-corrected chi connectivity index (χ3v) is 5.38. The van der Waals surface area contributed by atoms with Crippen molar-refractivity contribution in [2.24, 2.45) is 0 Å². The summed E-state index contributed by atoms with van der Waals surface area (Å²) in [6.07, 6.45) is 1.22. The fraction of sp³-hybridized carbons (Fsp3) is 0.250. The minimum absolute atomic E-state index is 0.297. The molecule has 3 aromatic rings. The highest BCUT2D eigenvalue weighted by Crippen LogP contribution is 2.29. The van der Waals surface area contributed by atoms with Gasteiger partial charge in [-0.15, -0.1) is 11.3 Å². The number of hydrogen-bond acceptors (Lipinski definition) is 5. The Hall–Kier alpha value is -2.00. The highest BCUT2D eigenvalue weighted by molar-refractivity contribution is 14.1. The van der Waals surface area contributed by atoms with Crippen molar-refractivity contribution in [3.05, 3.63) is 63.3 Å². The number of carbonyl (C=O) groups excluding carboxylic acids is 1. The number of rotatable bonds is 4. The van der Waals surface area contributed by atoms with Crippen molar-refractivity contribution in [2.45, 2.75) is 32.9 Å². The van der Waals surface area contributed by atoms with E-state index in [-0.39, 0.29) is 0 Å². The van der Waals surface area contributed by atoms with Crippen LogP contribution in [-0.4, -0.2) is 21.7 Å². The molecule has 2 aromatic heterocycles. The fourth-order valence-electron chi connectivity index (χ4n) is 2.37. The average Bonchev–Trinajstić information content (AvgIpc) is 3.08. The van der Waals surface area contributed by atoms with Crippen LogP contribution in [0.5, 0.6) is 0 Å². The Kier molecular flexibility index (Phi) is 6.11. The molecule has 1 aromatic carbocycles. The standard InChI is InChI=1S/C20H20IN3O2S/c1-20(2,3)26-19(25)24(17-10-6-7-11-22-17)12-14-13-27-18(23-14)15-8-4-5-9-16(15)21/h4-11,13H,12H2,1-3H3. The second-order valence-corrected chi connectivity index (χ2v) is 8.90. The molecule has 1 amide bonds. The molecule has 0 radical (unpaired) electrons. The number of benzene rings is 1. The van der Waals surface area contributed by atoms with Crippen LogP contribution >= 0.6 is 33.9 Å². The third kappa shape index (κ3) is 5.26.